The predicted molar refractivity (Wildman–Crippen MR) is 85.0 cm³/mol. The normalized spacial score (nSPS) is 10.8. The largest absolute Gasteiger partial charge is 0.256 e. The zero-order chi connectivity index (χ0) is 13.6. The molecule has 0 aliphatic rings. The van der Waals surface area contributed by atoms with E-state index in [1.165, 1.54) is 5.56 Å². The molecule has 20 heavy (non-hydrogen) atoms. The van der Waals surface area contributed by atoms with Crippen LogP contribution in [0.25, 0.3) is 23.4 Å². The van der Waals surface area contributed by atoms with Crippen molar-refractivity contribution in [1.29, 1.82) is 0 Å². The van der Waals surface area contributed by atoms with Gasteiger partial charge in [-0.05, 0) is 23.3 Å². The molecule has 3 aromatic rings. The second kappa shape index (κ2) is 5.98. The molecule has 0 N–H and O–H groups in total. The predicted octanol–water partition coefficient (Wildman–Crippen LogP) is 4.92. The lowest BCUT2D eigenvalue weighted by Gasteiger charge is -2.01. The van der Waals surface area contributed by atoms with Crippen molar-refractivity contribution < 1.29 is 0 Å². The standard InChI is InChI=1S/C19H15N/c1-3-7-16(8-4-1)11-12-17-13-14-20-19(15-17)18-9-5-2-6-10-18/h1-15H. The van der Waals surface area contributed by atoms with E-state index >= 15 is 0 Å². The number of benzene rings is 2. The molecule has 1 nitrogen and oxygen atoms in total. The van der Waals surface area contributed by atoms with Gasteiger partial charge in [0.1, 0.15) is 0 Å². The monoisotopic (exact) mass is 257 g/mol. The van der Waals surface area contributed by atoms with Crippen molar-refractivity contribution >= 4 is 12.2 Å². The highest BCUT2D eigenvalue weighted by Gasteiger charge is 1.98. The maximum absolute atomic E-state index is 4.43. The van der Waals surface area contributed by atoms with Gasteiger partial charge in [-0.15, -0.1) is 0 Å². The van der Waals surface area contributed by atoms with E-state index in [1.807, 2.05) is 48.7 Å². The van der Waals surface area contributed by atoms with Crippen LogP contribution in [0, 0.1) is 0 Å². The van der Waals surface area contributed by atoms with Crippen LogP contribution >= 0.6 is 0 Å². The third-order valence-corrected chi connectivity index (χ3v) is 3.12. The first-order valence-corrected chi connectivity index (χ1v) is 6.66. The van der Waals surface area contributed by atoms with Crippen molar-refractivity contribution in [1.82, 2.24) is 4.98 Å². The molecule has 0 radical (unpaired) electrons. The van der Waals surface area contributed by atoms with E-state index in [-0.39, 0.29) is 0 Å². The summed E-state index contributed by atoms with van der Waals surface area (Å²) >= 11 is 0. The van der Waals surface area contributed by atoms with Gasteiger partial charge < -0.3 is 0 Å². The lowest BCUT2D eigenvalue weighted by atomic mass is 10.1. The Balaban J connectivity index is 1.87. The lowest BCUT2D eigenvalue weighted by Crippen LogP contribution is -1.83. The van der Waals surface area contributed by atoms with Crippen LogP contribution < -0.4 is 0 Å². The molecule has 0 amide bonds. The van der Waals surface area contributed by atoms with Crippen LogP contribution in [-0.2, 0) is 0 Å². The number of hydrogen-bond acceptors (Lipinski definition) is 1. The Hall–Kier alpha value is -2.67. The van der Waals surface area contributed by atoms with Gasteiger partial charge in [0.05, 0.1) is 5.69 Å². The van der Waals surface area contributed by atoms with Crippen LogP contribution in [0.1, 0.15) is 11.1 Å². The molecule has 0 fully saturated rings. The molecule has 0 aliphatic carbocycles. The number of pyridine rings is 1. The molecule has 0 saturated carbocycles. The summed E-state index contributed by atoms with van der Waals surface area (Å²) in [6, 6.07) is 24.7. The minimum atomic E-state index is 1.00. The molecule has 3 rings (SSSR count). The molecule has 0 atom stereocenters. The number of aromatic nitrogens is 1. The number of hydrogen-bond donors (Lipinski definition) is 0. The Bertz CT molecular complexity index is 700. The maximum atomic E-state index is 4.43. The zero-order valence-corrected chi connectivity index (χ0v) is 11.1. The molecule has 1 aromatic heterocycles. The van der Waals surface area contributed by atoms with Gasteiger partial charge >= 0.3 is 0 Å². The Kier molecular flexibility index (Phi) is 3.70. The molecule has 0 bridgehead atoms. The highest BCUT2D eigenvalue weighted by atomic mass is 14.7. The molecule has 0 spiro atoms. The van der Waals surface area contributed by atoms with Gasteiger partial charge in [0.25, 0.3) is 0 Å². The van der Waals surface area contributed by atoms with Crippen molar-refractivity contribution in [3.05, 3.63) is 90.1 Å². The third-order valence-electron chi connectivity index (χ3n) is 3.12. The van der Waals surface area contributed by atoms with Gasteiger partial charge in [-0.1, -0.05) is 72.8 Å². The third kappa shape index (κ3) is 3.01. The quantitative estimate of drug-likeness (QED) is 0.649. The Morgan fingerprint density at radius 3 is 2.05 bits per heavy atom. The molecular formula is C19H15N. The topological polar surface area (TPSA) is 12.9 Å². The summed E-state index contributed by atoms with van der Waals surface area (Å²) in [5.41, 5.74) is 4.50. The molecule has 0 aliphatic heterocycles. The van der Waals surface area contributed by atoms with Crippen molar-refractivity contribution in [3.8, 4) is 11.3 Å². The van der Waals surface area contributed by atoms with E-state index in [0.29, 0.717) is 0 Å². The van der Waals surface area contributed by atoms with E-state index in [4.69, 9.17) is 0 Å². The van der Waals surface area contributed by atoms with Crippen LogP contribution in [0.3, 0.4) is 0 Å². The van der Waals surface area contributed by atoms with E-state index in [0.717, 1.165) is 16.8 Å². The van der Waals surface area contributed by atoms with Crippen LogP contribution in [0.15, 0.2) is 79.0 Å². The fourth-order valence-corrected chi connectivity index (χ4v) is 2.07. The van der Waals surface area contributed by atoms with Crippen molar-refractivity contribution in [2.45, 2.75) is 0 Å². The summed E-state index contributed by atoms with van der Waals surface area (Å²) < 4.78 is 0. The fraction of sp³-hybridized carbons (Fsp3) is 0. The van der Waals surface area contributed by atoms with Gasteiger partial charge in [-0.2, -0.15) is 0 Å². The molecule has 96 valence electrons. The van der Waals surface area contributed by atoms with Gasteiger partial charge in [0, 0.05) is 11.8 Å². The second-order valence-electron chi connectivity index (χ2n) is 4.58. The van der Waals surface area contributed by atoms with Crippen LogP contribution in [0.4, 0.5) is 0 Å². The second-order valence-corrected chi connectivity index (χ2v) is 4.58. The van der Waals surface area contributed by atoms with Gasteiger partial charge in [0.15, 0.2) is 0 Å². The zero-order valence-electron chi connectivity index (χ0n) is 11.1. The van der Waals surface area contributed by atoms with Crippen LogP contribution in [0.2, 0.25) is 0 Å². The van der Waals surface area contributed by atoms with E-state index < -0.39 is 0 Å². The first kappa shape index (κ1) is 12.4. The van der Waals surface area contributed by atoms with Crippen LogP contribution in [0.5, 0.6) is 0 Å². The van der Waals surface area contributed by atoms with Gasteiger partial charge in [-0.3, -0.25) is 4.98 Å². The van der Waals surface area contributed by atoms with Gasteiger partial charge in [0.2, 0.25) is 0 Å². The minimum absolute atomic E-state index is 1.00. The number of rotatable bonds is 3. The smallest absolute Gasteiger partial charge is 0.0707 e. The number of nitrogens with zero attached hydrogens (tertiary/aromatic N) is 1. The summed E-state index contributed by atoms with van der Waals surface area (Å²) in [6.45, 7) is 0. The highest BCUT2D eigenvalue weighted by Crippen LogP contribution is 2.18. The lowest BCUT2D eigenvalue weighted by molar-refractivity contribution is 1.32. The summed E-state index contributed by atoms with van der Waals surface area (Å²) in [6.07, 6.45) is 6.08. The van der Waals surface area contributed by atoms with E-state index in [9.17, 15) is 0 Å². The highest BCUT2D eigenvalue weighted by molar-refractivity contribution is 5.72. The first-order chi connectivity index (χ1) is 9.92. The summed E-state index contributed by atoms with van der Waals surface area (Å²) in [5.74, 6) is 0. The summed E-state index contributed by atoms with van der Waals surface area (Å²) in [7, 11) is 0. The Morgan fingerprint density at radius 1 is 0.650 bits per heavy atom. The average molecular weight is 257 g/mol. The van der Waals surface area contributed by atoms with Crippen molar-refractivity contribution in [2.75, 3.05) is 0 Å². The van der Waals surface area contributed by atoms with Crippen molar-refractivity contribution in [3.63, 3.8) is 0 Å². The first-order valence-electron chi connectivity index (χ1n) is 6.66. The van der Waals surface area contributed by atoms with Gasteiger partial charge in [-0.25, -0.2) is 0 Å². The van der Waals surface area contributed by atoms with Crippen LogP contribution in [-0.4, -0.2) is 4.98 Å². The maximum Gasteiger partial charge on any atom is 0.0707 e. The van der Waals surface area contributed by atoms with E-state index in [2.05, 4.69) is 47.5 Å². The fourth-order valence-electron chi connectivity index (χ4n) is 2.07. The molecule has 1 heterocycles. The van der Waals surface area contributed by atoms with Crippen molar-refractivity contribution in [2.24, 2.45) is 0 Å². The summed E-state index contributed by atoms with van der Waals surface area (Å²) in [4.78, 5) is 4.43. The van der Waals surface area contributed by atoms with E-state index in [1.54, 1.807) is 0 Å². The summed E-state index contributed by atoms with van der Waals surface area (Å²) in [5, 5.41) is 0. The Labute approximate surface area is 119 Å². The molecular weight excluding hydrogens is 242 g/mol. The minimum Gasteiger partial charge on any atom is -0.256 e. The molecule has 0 saturated heterocycles. The SMILES string of the molecule is C(=Cc1ccnc(-c2ccccc2)c1)c1ccccc1. The molecule has 0 unspecified atom stereocenters. The molecule has 1 heteroatoms. The molecule has 2 aromatic carbocycles. The Morgan fingerprint density at radius 2 is 1.30 bits per heavy atom. The average Bonchev–Trinajstić information content (AvgIpc) is 2.55.